The molecule has 0 radical (unpaired) electrons. The largest absolute Gasteiger partial charge is 0.494 e. The average Bonchev–Trinajstić information content (AvgIpc) is 2.35. The fourth-order valence-corrected chi connectivity index (χ4v) is 3.08. The van der Waals surface area contributed by atoms with E-state index in [0.717, 1.165) is 18.9 Å². The summed E-state index contributed by atoms with van der Waals surface area (Å²) in [5.74, 6) is -0.151. The highest BCUT2D eigenvalue weighted by molar-refractivity contribution is 7.89. The quantitative estimate of drug-likeness (QED) is 0.842. The van der Waals surface area contributed by atoms with E-state index in [1.165, 1.54) is 19.2 Å². The number of benzene rings is 1. The second-order valence-corrected chi connectivity index (χ2v) is 7.00. The van der Waals surface area contributed by atoms with E-state index in [1.54, 1.807) is 6.92 Å². The van der Waals surface area contributed by atoms with Gasteiger partial charge in [-0.1, -0.05) is 13.8 Å². The third kappa shape index (κ3) is 4.76. The Morgan fingerprint density at radius 2 is 1.90 bits per heavy atom. The number of rotatable bonds is 7. The summed E-state index contributed by atoms with van der Waals surface area (Å²) in [6.45, 7) is 5.97. The Morgan fingerprint density at radius 1 is 1.25 bits per heavy atom. The van der Waals surface area contributed by atoms with Gasteiger partial charge in [-0.05, 0) is 43.9 Å². The van der Waals surface area contributed by atoms with Crippen LogP contribution in [-0.4, -0.2) is 21.6 Å². The van der Waals surface area contributed by atoms with Crippen molar-refractivity contribution in [2.45, 2.75) is 44.6 Å². The van der Waals surface area contributed by atoms with E-state index in [0.29, 0.717) is 5.92 Å². The number of sulfonamides is 1. The predicted molar refractivity (Wildman–Crippen MR) is 76.8 cm³/mol. The molecule has 1 N–H and O–H groups in total. The van der Waals surface area contributed by atoms with Gasteiger partial charge in [-0.3, -0.25) is 0 Å². The maximum absolute atomic E-state index is 13.6. The second kappa shape index (κ2) is 7.04. The smallest absolute Gasteiger partial charge is 0.240 e. The summed E-state index contributed by atoms with van der Waals surface area (Å²) in [5.41, 5.74) is 0. The molecule has 1 aromatic carbocycles. The van der Waals surface area contributed by atoms with Gasteiger partial charge < -0.3 is 4.74 Å². The van der Waals surface area contributed by atoms with Crippen LogP contribution in [0.15, 0.2) is 23.1 Å². The summed E-state index contributed by atoms with van der Waals surface area (Å²) < 4.78 is 45.1. The number of hydrogen-bond acceptors (Lipinski definition) is 3. The molecule has 114 valence electrons. The predicted octanol–water partition coefficient (Wildman–Crippen LogP) is 2.94. The van der Waals surface area contributed by atoms with Gasteiger partial charge >= 0.3 is 0 Å². The Hall–Kier alpha value is -1.14. The zero-order valence-electron chi connectivity index (χ0n) is 12.3. The molecule has 0 spiro atoms. The average molecular weight is 303 g/mol. The number of hydrogen-bond donors (Lipinski definition) is 1. The zero-order valence-corrected chi connectivity index (χ0v) is 13.1. The summed E-state index contributed by atoms with van der Waals surface area (Å²) in [6.07, 6.45) is 1.68. The molecule has 0 heterocycles. The highest BCUT2D eigenvalue weighted by Gasteiger charge is 2.19. The molecule has 1 atom stereocenters. The number of methoxy groups -OCH3 is 1. The minimum absolute atomic E-state index is 0.0248. The Morgan fingerprint density at radius 3 is 2.40 bits per heavy atom. The van der Waals surface area contributed by atoms with Gasteiger partial charge in [-0.15, -0.1) is 0 Å². The van der Waals surface area contributed by atoms with Crippen molar-refractivity contribution < 1.29 is 17.5 Å². The van der Waals surface area contributed by atoms with Crippen LogP contribution in [0, 0.1) is 11.7 Å². The lowest BCUT2D eigenvalue weighted by molar-refractivity contribution is 0.385. The Bertz CT molecular complexity index is 543. The van der Waals surface area contributed by atoms with E-state index in [4.69, 9.17) is 4.74 Å². The van der Waals surface area contributed by atoms with Crippen LogP contribution in [0.5, 0.6) is 5.75 Å². The van der Waals surface area contributed by atoms with Gasteiger partial charge in [0.1, 0.15) is 0 Å². The van der Waals surface area contributed by atoms with Crippen LogP contribution in [0.3, 0.4) is 0 Å². The van der Waals surface area contributed by atoms with Crippen molar-refractivity contribution in [3.63, 3.8) is 0 Å². The molecule has 0 bridgehead atoms. The molecular weight excluding hydrogens is 281 g/mol. The Labute approximate surface area is 120 Å². The molecule has 0 fully saturated rings. The maximum Gasteiger partial charge on any atom is 0.240 e. The summed E-state index contributed by atoms with van der Waals surface area (Å²) in [5, 5.41) is 0. The van der Waals surface area contributed by atoms with Crippen molar-refractivity contribution in [2.75, 3.05) is 7.11 Å². The molecule has 6 heteroatoms. The van der Waals surface area contributed by atoms with Gasteiger partial charge in [0.15, 0.2) is 11.6 Å². The van der Waals surface area contributed by atoms with E-state index in [9.17, 15) is 12.8 Å². The van der Waals surface area contributed by atoms with Crippen LogP contribution >= 0.6 is 0 Å². The zero-order chi connectivity index (χ0) is 15.3. The summed E-state index contributed by atoms with van der Waals surface area (Å²) in [6, 6.07) is 3.42. The molecule has 0 aliphatic heterocycles. The molecule has 1 rings (SSSR count). The lowest BCUT2D eigenvalue weighted by Crippen LogP contribution is -2.32. The Balaban J connectivity index is 2.81. The normalized spacial score (nSPS) is 13.5. The van der Waals surface area contributed by atoms with Crippen LogP contribution < -0.4 is 9.46 Å². The standard InChI is InChI=1S/C14H22FNO3S/c1-10(2)5-6-11(3)16-20(17,18)12-7-8-14(19-4)13(15)9-12/h7-11,16H,5-6H2,1-4H3/t11-/m0/s1. The molecule has 0 aliphatic rings. The molecule has 0 amide bonds. The first-order chi connectivity index (χ1) is 9.26. The second-order valence-electron chi connectivity index (χ2n) is 5.29. The van der Waals surface area contributed by atoms with E-state index in [2.05, 4.69) is 18.6 Å². The van der Waals surface area contributed by atoms with Gasteiger partial charge in [0.25, 0.3) is 0 Å². The van der Waals surface area contributed by atoms with Gasteiger partial charge in [-0.25, -0.2) is 17.5 Å². The molecule has 0 unspecified atom stereocenters. The van der Waals surface area contributed by atoms with Gasteiger partial charge in [0.05, 0.1) is 12.0 Å². The summed E-state index contributed by atoms with van der Waals surface area (Å²) in [7, 11) is -2.37. The molecule has 0 saturated heterocycles. The van der Waals surface area contributed by atoms with Crippen molar-refractivity contribution >= 4 is 10.0 Å². The van der Waals surface area contributed by atoms with Crippen molar-refractivity contribution in [3.05, 3.63) is 24.0 Å². The van der Waals surface area contributed by atoms with Crippen molar-refractivity contribution in [1.29, 1.82) is 0 Å². The Kier molecular flexibility index (Phi) is 5.95. The van der Waals surface area contributed by atoms with Crippen LogP contribution in [0.1, 0.15) is 33.6 Å². The topological polar surface area (TPSA) is 55.4 Å². The summed E-state index contributed by atoms with van der Waals surface area (Å²) in [4.78, 5) is -0.0906. The van der Waals surface area contributed by atoms with E-state index in [-0.39, 0.29) is 16.7 Å². The SMILES string of the molecule is COc1ccc(S(=O)(=O)N[C@@H](C)CCC(C)C)cc1F. The fraction of sp³-hybridized carbons (Fsp3) is 0.571. The van der Waals surface area contributed by atoms with Gasteiger partial charge in [0, 0.05) is 6.04 Å². The van der Waals surface area contributed by atoms with E-state index < -0.39 is 15.8 Å². The number of halogens is 1. The van der Waals surface area contributed by atoms with Gasteiger partial charge in [0.2, 0.25) is 10.0 Å². The van der Waals surface area contributed by atoms with Crippen LogP contribution in [0.25, 0.3) is 0 Å². The highest BCUT2D eigenvalue weighted by Crippen LogP contribution is 2.21. The third-order valence-corrected chi connectivity index (χ3v) is 4.55. The van der Waals surface area contributed by atoms with Gasteiger partial charge in [-0.2, -0.15) is 0 Å². The van der Waals surface area contributed by atoms with Crippen molar-refractivity contribution in [3.8, 4) is 5.75 Å². The van der Waals surface area contributed by atoms with Crippen LogP contribution in [0.4, 0.5) is 4.39 Å². The first-order valence-corrected chi connectivity index (χ1v) is 8.10. The number of ether oxygens (including phenoxy) is 1. The third-order valence-electron chi connectivity index (χ3n) is 2.97. The van der Waals surface area contributed by atoms with Crippen LogP contribution in [0.2, 0.25) is 0 Å². The molecule has 20 heavy (non-hydrogen) atoms. The lowest BCUT2D eigenvalue weighted by atomic mass is 10.1. The van der Waals surface area contributed by atoms with E-state index in [1.807, 2.05) is 0 Å². The van der Waals surface area contributed by atoms with Crippen molar-refractivity contribution in [2.24, 2.45) is 5.92 Å². The highest BCUT2D eigenvalue weighted by atomic mass is 32.2. The minimum Gasteiger partial charge on any atom is -0.494 e. The molecule has 0 saturated carbocycles. The van der Waals surface area contributed by atoms with Crippen LogP contribution in [-0.2, 0) is 10.0 Å². The molecule has 0 aliphatic carbocycles. The molecule has 4 nitrogen and oxygen atoms in total. The summed E-state index contributed by atoms with van der Waals surface area (Å²) >= 11 is 0. The molecule has 1 aromatic rings. The first kappa shape index (κ1) is 16.9. The lowest BCUT2D eigenvalue weighted by Gasteiger charge is -2.15. The first-order valence-electron chi connectivity index (χ1n) is 6.62. The molecule has 0 aromatic heterocycles. The number of nitrogens with one attached hydrogen (secondary N) is 1. The maximum atomic E-state index is 13.6. The fourth-order valence-electron chi connectivity index (χ4n) is 1.79. The van der Waals surface area contributed by atoms with E-state index >= 15 is 0 Å². The minimum atomic E-state index is -3.70. The molecular formula is C14H22FNO3S. The monoisotopic (exact) mass is 303 g/mol. The van der Waals surface area contributed by atoms with Crippen molar-refractivity contribution in [1.82, 2.24) is 4.72 Å².